The van der Waals surface area contributed by atoms with Gasteiger partial charge in [0.15, 0.2) is 0 Å². The molecule has 0 nitrogen and oxygen atoms in total. The van der Waals surface area contributed by atoms with E-state index in [1.54, 1.807) is 10.4 Å². The van der Waals surface area contributed by atoms with Crippen LogP contribution in [0.2, 0.25) is 13.1 Å². The lowest BCUT2D eigenvalue weighted by Gasteiger charge is -2.26. The minimum atomic E-state index is -2.00. The molecule has 0 unspecified atom stereocenters. The molecule has 1 aliphatic heterocycles. The van der Waals surface area contributed by atoms with Gasteiger partial charge in [-0.25, -0.2) is 0 Å². The summed E-state index contributed by atoms with van der Waals surface area (Å²) in [6.45, 7) is 18.9. The van der Waals surface area contributed by atoms with Crippen LogP contribution in [-0.2, 0) is 10.8 Å². The van der Waals surface area contributed by atoms with E-state index in [0.717, 1.165) is 0 Å². The van der Waals surface area contributed by atoms with Crippen molar-refractivity contribution >= 4 is 40.0 Å². The van der Waals surface area contributed by atoms with Crippen LogP contribution in [0.25, 0.3) is 54.9 Å². The van der Waals surface area contributed by atoms with Crippen LogP contribution in [0.15, 0.2) is 109 Å². The van der Waals surface area contributed by atoms with Crippen molar-refractivity contribution in [3.63, 3.8) is 0 Å². The molecule has 0 N–H and O–H groups in total. The van der Waals surface area contributed by atoms with Gasteiger partial charge in [-0.1, -0.05) is 164 Å². The van der Waals surface area contributed by atoms with Gasteiger partial charge in [-0.15, -0.1) is 0 Å². The van der Waals surface area contributed by atoms with E-state index in [0.29, 0.717) is 0 Å². The Balaban J connectivity index is 1.64. The molecule has 0 saturated heterocycles. The molecule has 0 saturated carbocycles. The van der Waals surface area contributed by atoms with E-state index < -0.39 is 8.07 Å². The fraction of sp³-hybridized carbons (Fsp3) is 0.238. The van der Waals surface area contributed by atoms with Gasteiger partial charge in [0, 0.05) is 0 Å². The summed E-state index contributed by atoms with van der Waals surface area (Å²) in [6.07, 6.45) is 0. The van der Waals surface area contributed by atoms with Crippen molar-refractivity contribution in [1.82, 2.24) is 0 Å². The highest BCUT2D eigenvalue weighted by Crippen LogP contribution is 2.46. The third kappa shape index (κ3) is 4.32. The van der Waals surface area contributed by atoms with Crippen LogP contribution in [0.5, 0.6) is 0 Å². The van der Waals surface area contributed by atoms with Crippen LogP contribution in [-0.4, -0.2) is 8.07 Å². The molecule has 0 aromatic heterocycles. The molecular formula is C42H42Si. The van der Waals surface area contributed by atoms with Crippen LogP contribution in [0.4, 0.5) is 0 Å². The van der Waals surface area contributed by atoms with Crippen molar-refractivity contribution in [2.24, 2.45) is 0 Å². The first-order valence-electron chi connectivity index (χ1n) is 15.7. The van der Waals surface area contributed by atoms with E-state index in [1.807, 2.05) is 0 Å². The molecule has 6 aromatic rings. The first-order valence-corrected chi connectivity index (χ1v) is 18.7. The highest BCUT2D eigenvalue weighted by Gasteiger charge is 2.40. The number of hydrogen-bond donors (Lipinski definition) is 0. The molecule has 0 amide bonds. The van der Waals surface area contributed by atoms with E-state index in [1.165, 1.54) is 66.1 Å². The van der Waals surface area contributed by atoms with Crippen molar-refractivity contribution in [1.29, 1.82) is 0 Å². The van der Waals surface area contributed by atoms with Gasteiger partial charge in [-0.05, 0) is 87.3 Å². The zero-order valence-corrected chi connectivity index (χ0v) is 27.9. The van der Waals surface area contributed by atoms with Crippen LogP contribution < -0.4 is 10.4 Å². The van der Waals surface area contributed by atoms with E-state index in [-0.39, 0.29) is 10.8 Å². The van der Waals surface area contributed by atoms with E-state index >= 15 is 0 Å². The molecule has 1 aliphatic rings. The molecule has 6 aromatic carbocycles. The summed E-state index contributed by atoms with van der Waals surface area (Å²) < 4.78 is 0. The van der Waals surface area contributed by atoms with Gasteiger partial charge < -0.3 is 0 Å². The van der Waals surface area contributed by atoms with Crippen molar-refractivity contribution in [2.75, 3.05) is 0 Å². The van der Waals surface area contributed by atoms with Crippen molar-refractivity contribution in [3.8, 4) is 33.4 Å². The Bertz CT molecular complexity index is 2030. The fourth-order valence-electron chi connectivity index (χ4n) is 7.43. The van der Waals surface area contributed by atoms with E-state index in [2.05, 4.69) is 164 Å². The third-order valence-electron chi connectivity index (χ3n) is 9.79. The second kappa shape index (κ2) is 9.53. The predicted octanol–water partition coefficient (Wildman–Crippen LogP) is 10.7. The van der Waals surface area contributed by atoms with Gasteiger partial charge in [-0.2, -0.15) is 0 Å². The Morgan fingerprint density at radius 3 is 1.49 bits per heavy atom. The third-order valence-corrected chi connectivity index (χ3v) is 13.3. The summed E-state index contributed by atoms with van der Waals surface area (Å²) in [5.41, 5.74) is 11.1. The maximum absolute atomic E-state index is 2.55. The lowest BCUT2D eigenvalue weighted by molar-refractivity contribution is 0.590. The molecular weight excluding hydrogens is 533 g/mol. The second-order valence-corrected chi connectivity index (χ2v) is 19.3. The Morgan fingerprint density at radius 2 is 0.930 bits per heavy atom. The number of rotatable bonds is 2. The van der Waals surface area contributed by atoms with Crippen LogP contribution >= 0.6 is 0 Å². The quantitative estimate of drug-likeness (QED) is 0.143. The summed E-state index contributed by atoms with van der Waals surface area (Å²) in [4.78, 5) is 0. The van der Waals surface area contributed by atoms with Gasteiger partial charge in [0.2, 0.25) is 0 Å². The first-order chi connectivity index (χ1) is 20.4. The molecule has 43 heavy (non-hydrogen) atoms. The van der Waals surface area contributed by atoms with Gasteiger partial charge in [0.05, 0.1) is 0 Å². The minimum Gasteiger partial charge on any atom is -0.0623 e. The summed E-state index contributed by atoms with van der Waals surface area (Å²) in [7, 11) is -2.00. The Hall–Kier alpha value is -3.94. The maximum Gasteiger partial charge on any atom is 0.114 e. The average molecular weight is 575 g/mol. The maximum atomic E-state index is 2.55. The summed E-state index contributed by atoms with van der Waals surface area (Å²) in [5.74, 6) is 0. The zero-order valence-electron chi connectivity index (χ0n) is 26.9. The van der Waals surface area contributed by atoms with Crippen LogP contribution in [0.3, 0.4) is 0 Å². The van der Waals surface area contributed by atoms with Crippen LogP contribution in [0.1, 0.15) is 52.7 Å². The average Bonchev–Trinajstić information content (AvgIpc) is 3.22. The van der Waals surface area contributed by atoms with Crippen molar-refractivity contribution in [2.45, 2.75) is 65.5 Å². The molecule has 7 rings (SSSR count). The van der Waals surface area contributed by atoms with Gasteiger partial charge in [0.25, 0.3) is 0 Å². The smallest absolute Gasteiger partial charge is 0.0623 e. The molecule has 0 aliphatic carbocycles. The molecule has 214 valence electrons. The molecule has 0 fully saturated rings. The highest BCUT2D eigenvalue weighted by atomic mass is 28.3. The van der Waals surface area contributed by atoms with Gasteiger partial charge in [-0.3, -0.25) is 0 Å². The second-order valence-electron chi connectivity index (χ2n) is 15.0. The first kappa shape index (κ1) is 27.9. The Morgan fingerprint density at radius 1 is 0.442 bits per heavy atom. The topological polar surface area (TPSA) is 0 Å². The lowest BCUT2D eigenvalue weighted by Crippen LogP contribution is -2.49. The standard InChI is InChI=1S/C42H42Si/c1-41(2,3)29-21-17-27(18-22-29)37-32-14-9-10-15-33(32)38(28-19-23-30(24-20-28)42(4,5)6)39-35(37)26-25-34-31-13-11-12-16-36(31)43(7,8)40(34)39/h9-26H,1-8H3. The van der Waals surface area contributed by atoms with Crippen molar-refractivity contribution in [3.05, 3.63) is 120 Å². The highest BCUT2D eigenvalue weighted by molar-refractivity contribution is 7.05. The number of fused-ring (bicyclic) bond motifs is 6. The van der Waals surface area contributed by atoms with Gasteiger partial charge >= 0.3 is 0 Å². The van der Waals surface area contributed by atoms with E-state index in [4.69, 9.17) is 0 Å². The lowest BCUT2D eigenvalue weighted by atomic mass is 9.82. The normalized spacial score (nSPS) is 14.2. The number of benzene rings is 6. The molecule has 0 radical (unpaired) electrons. The molecule has 0 atom stereocenters. The predicted molar refractivity (Wildman–Crippen MR) is 192 cm³/mol. The molecule has 0 bridgehead atoms. The Kier molecular flexibility index (Phi) is 6.17. The molecule has 0 spiro atoms. The SMILES string of the molecule is CC(C)(C)c1ccc(-c2c3ccccc3c(-c3ccc(C(C)(C)C)cc3)c3c4c(ccc23)-c2ccccc2[Si]4(C)C)cc1. The Labute approximate surface area is 258 Å². The fourth-order valence-corrected chi connectivity index (χ4v) is 10.9. The monoisotopic (exact) mass is 574 g/mol. The van der Waals surface area contributed by atoms with Gasteiger partial charge in [0.1, 0.15) is 8.07 Å². The van der Waals surface area contributed by atoms with Crippen molar-refractivity contribution < 1.29 is 0 Å². The summed E-state index contributed by atoms with van der Waals surface area (Å²) >= 11 is 0. The van der Waals surface area contributed by atoms with Crippen LogP contribution in [0, 0.1) is 0 Å². The van der Waals surface area contributed by atoms with E-state index in [9.17, 15) is 0 Å². The molecule has 1 heteroatoms. The zero-order chi connectivity index (χ0) is 30.3. The largest absolute Gasteiger partial charge is 0.114 e. The summed E-state index contributed by atoms with van der Waals surface area (Å²) in [6, 6.07) is 41.9. The summed E-state index contributed by atoms with van der Waals surface area (Å²) in [5, 5.41) is 8.60. The number of hydrogen-bond acceptors (Lipinski definition) is 0. The minimum absolute atomic E-state index is 0.115. The molecule has 1 heterocycles.